The van der Waals surface area contributed by atoms with Gasteiger partial charge in [0.25, 0.3) is 5.91 Å². The number of hydrogen-bond acceptors (Lipinski definition) is 4. The number of aliphatic carboxylic acids is 1. The largest absolute Gasteiger partial charge is 0.479 e. The maximum atomic E-state index is 11.4. The monoisotopic (exact) mass is 252 g/mol. The summed E-state index contributed by atoms with van der Waals surface area (Å²) in [5, 5.41) is 8.31. The second-order valence-electron chi connectivity index (χ2n) is 3.78. The molecule has 1 aromatic rings. The van der Waals surface area contributed by atoms with E-state index in [2.05, 4.69) is 4.84 Å². The highest BCUT2D eigenvalue weighted by molar-refractivity contribution is 5.80. The lowest BCUT2D eigenvalue weighted by molar-refractivity contribution is -0.149. The highest BCUT2D eigenvalue weighted by Gasteiger charge is 2.13. The normalized spacial score (nSPS) is 11.8. The SMILES string of the molecule is N[C@@H](CCc1ccccc1)C(=O)NOCC(=O)O. The summed E-state index contributed by atoms with van der Waals surface area (Å²) in [4.78, 5) is 26.0. The van der Waals surface area contributed by atoms with Crippen molar-refractivity contribution in [3.05, 3.63) is 35.9 Å². The molecule has 0 aliphatic carbocycles. The van der Waals surface area contributed by atoms with Crippen LogP contribution in [0.25, 0.3) is 0 Å². The molecule has 0 radical (unpaired) electrons. The topological polar surface area (TPSA) is 102 Å². The van der Waals surface area contributed by atoms with Gasteiger partial charge >= 0.3 is 5.97 Å². The van der Waals surface area contributed by atoms with Gasteiger partial charge < -0.3 is 10.8 Å². The van der Waals surface area contributed by atoms with E-state index in [1.165, 1.54) is 0 Å². The molecule has 0 heterocycles. The van der Waals surface area contributed by atoms with E-state index in [1.807, 2.05) is 35.8 Å². The van der Waals surface area contributed by atoms with Crippen LogP contribution < -0.4 is 11.2 Å². The predicted molar refractivity (Wildman–Crippen MR) is 64.5 cm³/mol. The highest BCUT2D eigenvalue weighted by atomic mass is 16.7. The first-order chi connectivity index (χ1) is 8.59. The molecule has 0 saturated carbocycles. The molecule has 0 bridgehead atoms. The summed E-state index contributed by atoms with van der Waals surface area (Å²) in [5.74, 6) is -1.68. The number of carbonyl (C=O) groups is 2. The Kier molecular flexibility index (Phi) is 5.83. The lowest BCUT2D eigenvalue weighted by atomic mass is 10.1. The molecule has 6 heteroatoms. The summed E-state index contributed by atoms with van der Waals surface area (Å²) in [5.41, 5.74) is 8.74. The van der Waals surface area contributed by atoms with E-state index in [9.17, 15) is 9.59 Å². The van der Waals surface area contributed by atoms with Crippen LogP contribution in [-0.2, 0) is 20.8 Å². The minimum absolute atomic E-state index is 0.465. The molecule has 6 nitrogen and oxygen atoms in total. The average molecular weight is 252 g/mol. The van der Waals surface area contributed by atoms with Gasteiger partial charge in [0.1, 0.15) is 0 Å². The summed E-state index contributed by atoms with van der Waals surface area (Å²) in [7, 11) is 0. The third-order valence-corrected chi connectivity index (χ3v) is 2.29. The fourth-order valence-corrected chi connectivity index (χ4v) is 1.34. The van der Waals surface area contributed by atoms with Crippen LogP contribution in [0.1, 0.15) is 12.0 Å². The molecule has 0 aliphatic rings. The van der Waals surface area contributed by atoms with Crippen LogP contribution in [-0.4, -0.2) is 29.6 Å². The summed E-state index contributed by atoms with van der Waals surface area (Å²) in [6, 6.07) is 8.92. The Morgan fingerprint density at radius 3 is 2.61 bits per heavy atom. The van der Waals surface area contributed by atoms with Gasteiger partial charge in [-0.3, -0.25) is 9.63 Å². The van der Waals surface area contributed by atoms with E-state index in [4.69, 9.17) is 10.8 Å². The Morgan fingerprint density at radius 2 is 2.00 bits per heavy atom. The Hall–Kier alpha value is -1.92. The molecule has 0 fully saturated rings. The van der Waals surface area contributed by atoms with Crippen LogP contribution in [0.2, 0.25) is 0 Å². The van der Waals surface area contributed by atoms with Gasteiger partial charge in [0.15, 0.2) is 6.61 Å². The number of carbonyl (C=O) groups excluding carboxylic acids is 1. The van der Waals surface area contributed by atoms with Crippen molar-refractivity contribution < 1.29 is 19.5 Å². The predicted octanol–water partition coefficient (Wildman–Crippen LogP) is 0.0789. The molecule has 0 saturated heterocycles. The van der Waals surface area contributed by atoms with Gasteiger partial charge in [-0.1, -0.05) is 30.3 Å². The van der Waals surface area contributed by atoms with Crippen LogP contribution >= 0.6 is 0 Å². The zero-order valence-electron chi connectivity index (χ0n) is 9.83. The lowest BCUT2D eigenvalue weighted by Crippen LogP contribution is -2.41. The zero-order valence-corrected chi connectivity index (χ0v) is 9.83. The first-order valence-electron chi connectivity index (χ1n) is 5.52. The van der Waals surface area contributed by atoms with E-state index in [1.54, 1.807) is 0 Å². The molecule has 1 aromatic carbocycles. The molecule has 18 heavy (non-hydrogen) atoms. The molecule has 1 amide bonds. The average Bonchev–Trinajstić information content (AvgIpc) is 2.36. The van der Waals surface area contributed by atoms with E-state index >= 15 is 0 Å². The summed E-state index contributed by atoms with van der Waals surface area (Å²) in [6.07, 6.45) is 1.14. The number of nitrogens with one attached hydrogen (secondary N) is 1. The number of carboxylic acids is 1. The second kappa shape index (κ2) is 7.41. The lowest BCUT2D eigenvalue weighted by Gasteiger charge is -2.11. The van der Waals surface area contributed by atoms with Crippen LogP contribution in [0.5, 0.6) is 0 Å². The molecule has 1 rings (SSSR count). The van der Waals surface area contributed by atoms with E-state index in [0.717, 1.165) is 5.56 Å². The number of rotatable bonds is 7. The van der Waals surface area contributed by atoms with Crippen molar-refractivity contribution in [2.75, 3.05) is 6.61 Å². The maximum absolute atomic E-state index is 11.4. The summed E-state index contributed by atoms with van der Waals surface area (Å²) in [6.45, 7) is -0.586. The molecule has 0 spiro atoms. The van der Waals surface area contributed by atoms with Crippen molar-refractivity contribution in [2.24, 2.45) is 5.73 Å². The van der Waals surface area contributed by atoms with Gasteiger partial charge in [0.05, 0.1) is 6.04 Å². The number of amides is 1. The van der Waals surface area contributed by atoms with E-state index in [-0.39, 0.29) is 0 Å². The fraction of sp³-hybridized carbons (Fsp3) is 0.333. The molecule has 0 aliphatic heterocycles. The van der Waals surface area contributed by atoms with Crippen molar-refractivity contribution in [1.29, 1.82) is 0 Å². The van der Waals surface area contributed by atoms with Crippen molar-refractivity contribution >= 4 is 11.9 Å². The zero-order chi connectivity index (χ0) is 13.4. The number of hydrogen-bond donors (Lipinski definition) is 3. The molecule has 0 unspecified atom stereocenters. The van der Waals surface area contributed by atoms with Gasteiger partial charge in [-0.15, -0.1) is 0 Å². The number of aryl methyl sites for hydroxylation is 1. The Balaban J connectivity index is 2.25. The third-order valence-electron chi connectivity index (χ3n) is 2.29. The minimum Gasteiger partial charge on any atom is -0.479 e. The van der Waals surface area contributed by atoms with Gasteiger partial charge in [-0.2, -0.15) is 0 Å². The number of nitrogens with two attached hydrogens (primary N) is 1. The van der Waals surface area contributed by atoms with Crippen LogP contribution in [0, 0.1) is 0 Å². The van der Waals surface area contributed by atoms with Crippen molar-refractivity contribution in [3.8, 4) is 0 Å². The fourth-order valence-electron chi connectivity index (χ4n) is 1.34. The second-order valence-corrected chi connectivity index (χ2v) is 3.78. The molecular weight excluding hydrogens is 236 g/mol. The van der Waals surface area contributed by atoms with Gasteiger partial charge in [-0.05, 0) is 18.4 Å². The van der Waals surface area contributed by atoms with Crippen LogP contribution in [0.15, 0.2) is 30.3 Å². The summed E-state index contributed by atoms with van der Waals surface area (Å²) < 4.78 is 0. The molecule has 0 aromatic heterocycles. The Labute approximate surface area is 105 Å². The maximum Gasteiger partial charge on any atom is 0.332 e. The van der Waals surface area contributed by atoms with E-state index in [0.29, 0.717) is 12.8 Å². The van der Waals surface area contributed by atoms with Gasteiger partial charge in [-0.25, -0.2) is 10.3 Å². The van der Waals surface area contributed by atoms with Gasteiger partial charge in [0, 0.05) is 0 Å². The first kappa shape index (κ1) is 14.1. The molecule has 4 N–H and O–H groups in total. The van der Waals surface area contributed by atoms with Gasteiger partial charge in [0.2, 0.25) is 0 Å². The molecule has 1 atom stereocenters. The van der Waals surface area contributed by atoms with Crippen LogP contribution in [0.3, 0.4) is 0 Å². The molecule has 98 valence electrons. The Morgan fingerprint density at radius 1 is 1.33 bits per heavy atom. The van der Waals surface area contributed by atoms with E-state index < -0.39 is 24.5 Å². The highest BCUT2D eigenvalue weighted by Crippen LogP contribution is 2.03. The van der Waals surface area contributed by atoms with Crippen molar-refractivity contribution in [1.82, 2.24) is 5.48 Å². The minimum atomic E-state index is -1.16. The number of carboxylic acid groups (broad SMARTS) is 1. The summed E-state index contributed by atoms with van der Waals surface area (Å²) >= 11 is 0. The standard InChI is InChI=1S/C12H16N2O4/c13-10(12(17)14-18-8-11(15)16)7-6-9-4-2-1-3-5-9/h1-5,10H,6-8,13H2,(H,14,17)(H,15,16)/t10-/m0/s1. The van der Waals surface area contributed by atoms with Crippen molar-refractivity contribution in [3.63, 3.8) is 0 Å². The third kappa shape index (κ3) is 5.42. The first-order valence-corrected chi connectivity index (χ1v) is 5.52. The molecular formula is C12H16N2O4. The quantitative estimate of drug-likeness (QED) is 0.596. The van der Waals surface area contributed by atoms with Crippen LogP contribution in [0.4, 0.5) is 0 Å². The van der Waals surface area contributed by atoms with Crippen molar-refractivity contribution in [2.45, 2.75) is 18.9 Å². The number of hydroxylamine groups is 1. The number of benzene rings is 1. The Bertz CT molecular complexity index is 394. The smallest absolute Gasteiger partial charge is 0.332 e.